The fourth-order valence-electron chi connectivity index (χ4n) is 7.62. The van der Waals surface area contributed by atoms with E-state index in [2.05, 4.69) is 5.32 Å². The molecule has 49 heavy (non-hydrogen) atoms. The summed E-state index contributed by atoms with van der Waals surface area (Å²) in [6.45, 7) is 14.5. The lowest BCUT2D eigenvalue weighted by atomic mass is 9.75. The molecule has 0 spiro atoms. The monoisotopic (exact) mass is 817 g/mol. The van der Waals surface area contributed by atoms with Crippen molar-refractivity contribution in [1.82, 2.24) is 5.32 Å². The molecule has 6 N–H and O–H groups in total. The molecule has 3 heterocycles. The minimum absolute atomic E-state index is 0.0902. The van der Waals surface area contributed by atoms with Gasteiger partial charge < -0.3 is 59.3 Å². The summed E-state index contributed by atoms with van der Waals surface area (Å²) in [7, 11) is 3.19. The number of nitrogens with one attached hydrogen (secondary N) is 1. The third-order valence-corrected chi connectivity index (χ3v) is 12.5. The van der Waals surface area contributed by atoms with Gasteiger partial charge in [-0.15, -0.1) is 0 Å². The Morgan fingerprint density at radius 1 is 0.898 bits per heavy atom. The predicted octanol–water partition coefficient (Wildman–Crippen LogP) is 1.43. The highest BCUT2D eigenvalue weighted by atomic mass is 127. The summed E-state index contributed by atoms with van der Waals surface area (Å²) in [6, 6.07) is -0.375. The van der Waals surface area contributed by atoms with Crippen LogP contribution in [-0.4, -0.2) is 134 Å². The molecule has 15 heteroatoms. The van der Waals surface area contributed by atoms with Gasteiger partial charge >= 0.3 is 5.97 Å². The van der Waals surface area contributed by atoms with Crippen molar-refractivity contribution in [3.05, 3.63) is 0 Å². The Bertz CT molecular complexity index is 1130. The fourth-order valence-corrected chi connectivity index (χ4v) is 8.24. The van der Waals surface area contributed by atoms with Gasteiger partial charge in [-0.2, -0.15) is 0 Å². The molecule has 3 aliphatic rings. The molecule has 286 valence electrons. The number of esters is 1. The van der Waals surface area contributed by atoms with Gasteiger partial charge in [0, 0.05) is 37.3 Å². The lowest BCUT2D eigenvalue weighted by molar-refractivity contribution is -0.315. The average Bonchev–Trinajstić information content (AvgIpc) is 3.03. The highest BCUT2D eigenvalue weighted by Gasteiger charge is 2.53. The second-order valence-corrected chi connectivity index (χ2v) is 16.4. The SMILES string of the molecule is CN[C@H]1C[C@@H](C)O[C@@H](O[C@@H]2[C@@H](C)[C@H](O[C@H]3C[C@@](C)(OC)[C@@H](O)[C@H](C)O3)[C@@H](C)C(=O)O[C@H](I)[C@@](C)(O)[C@H](O)[C@@H](C)C(=O)[C@H](C)C[C@@]2(C)O)[C@@H]1O. The second-order valence-electron chi connectivity index (χ2n) is 15.3. The van der Waals surface area contributed by atoms with E-state index in [9.17, 15) is 35.1 Å². The van der Waals surface area contributed by atoms with Crippen molar-refractivity contribution in [2.45, 2.75) is 164 Å². The molecule has 0 aromatic rings. The average molecular weight is 818 g/mol. The van der Waals surface area contributed by atoms with Crippen LogP contribution in [0.3, 0.4) is 0 Å². The number of likely N-dealkylation sites (N-methyl/N-ethyl adjacent to an activating group) is 1. The van der Waals surface area contributed by atoms with E-state index in [4.69, 9.17) is 28.4 Å². The molecule has 3 saturated heterocycles. The summed E-state index contributed by atoms with van der Waals surface area (Å²) in [5, 5.41) is 60.0. The zero-order valence-corrected chi connectivity index (χ0v) is 32.8. The Morgan fingerprint density at radius 2 is 1.51 bits per heavy atom. The van der Waals surface area contributed by atoms with Crippen molar-refractivity contribution in [2.24, 2.45) is 23.7 Å². The number of aliphatic hydroxyl groups is 5. The number of halogens is 1. The summed E-state index contributed by atoms with van der Waals surface area (Å²) in [5.74, 6) is -5.03. The molecule has 3 rings (SSSR count). The van der Waals surface area contributed by atoms with Crippen molar-refractivity contribution in [1.29, 1.82) is 0 Å². The molecule has 0 aliphatic carbocycles. The van der Waals surface area contributed by atoms with Gasteiger partial charge in [-0.3, -0.25) is 9.59 Å². The number of ketones is 1. The van der Waals surface area contributed by atoms with Crippen molar-refractivity contribution < 1.29 is 63.5 Å². The van der Waals surface area contributed by atoms with Gasteiger partial charge in [0.1, 0.15) is 23.6 Å². The number of alkyl halides is 1. The largest absolute Gasteiger partial charge is 0.448 e. The van der Waals surface area contributed by atoms with Crippen LogP contribution in [0.15, 0.2) is 0 Å². The van der Waals surface area contributed by atoms with Gasteiger partial charge in [0.25, 0.3) is 0 Å². The van der Waals surface area contributed by atoms with Crippen LogP contribution in [0.25, 0.3) is 0 Å². The van der Waals surface area contributed by atoms with Crippen LogP contribution >= 0.6 is 22.6 Å². The Labute approximate surface area is 304 Å². The maximum absolute atomic E-state index is 13.9. The molecule has 0 amide bonds. The van der Waals surface area contributed by atoms with Gasteiger partial charge in [-0.05, 0) is 84.0 Å². The van der Waals surface area contributed by atoms with Crippen LogP contribution < -0.4 is 5.32 Å². The number of hydrogen-bond acceptors (Lipinski definition) is 14. The number of Topliss-reactive ketones (excluding diaryl/α,β-unsaturated/α-hetero) is 1. The lowest BCUT2D eigenvalue weighted by Gasteiger charge is -2.48. The number of hydrogen-bond donors (Lipinski definition) is 6. The van der Waals surface area contributed by atoms with Crippen LogP contribution in [0.1, 0.15) is 81.6 Å². The molecule has 3 aliphatic heterocycles. The molecular weight excluding hydrogens is 757 g/mol. The molecular formula is C34H60INO13. The van der Waals surface area contributed by atoms with Crippen LogP contribution in [-0.2, 0) is 38.0 Å². The molecule has 0 aromatic heterocycles. The Morgan fingerprint density at radius 3 is 2.08 bits per heavy atom. The van der Waals surface area contributed by atoms with E-state index in [1.54, 1.807) is 64.3 Å². The van der Waals surface area contributed by atoms with Crippen molar-refractivity contribution >= 4 is 34.3 Å². The van der Waals surface area contributed by atoms with Gasteiger partial charge in [-0.1, -0.05) is 20.8 Å². The molecule has 0 radical (unpaired) electrons. The first-order chi connectivity index (χ1) is 22.5. The zero-order chi connectivity index (χ0) is 37.4. The first kappa shape index (κ1) is 42.8. The molecule has 3 fully saturated rings. The number of methoxy groups -OCH3 is 1. The van der Waals surface area contributed by atoms with Gasteiger partial charge in [-0.25, -0.2) is 0 Å². The van der Waals surface area contributed by atoms with E-state index < -0.39 is 106 Å². The van der Waals surface area contributed by atoms with Crippen LogP contribution in [0.4, 0.5) is 0 Å². The topological polar surface area (TPSA) is 203 Å². The van der Waals surface area contributed by atoms with Gasteiger partial charge in [0.05, 0.1) is 47.6 Å². The highest BCUT2D eigenvalue weighted by Crippen LogP contribution is 2.40. The lowest BCUT2D eigenvalue weighted by Crippen LogP contribution is -2.61. The van der Waals surface area contributed by atoms with Gasteiger partial charge in [0.15, 0.2) is 16.7 Å². The summed E-state index contributed by atoms with van der Waals surface area (Å²) < 4.78 is 35.3. The second kappa shape index (κ2) is 16.6. The molecule has 14 nitrogen and oxygen atoms in total. The normalized spacial score (nSPS) is 51.2. The van der Waals surface area contributed by atoms with Crippen molar-refractivity contribution in [3.8, 4) is 0 Å². The Hall–Kier alpha value is -0.570. The minimum Gasteiger partial charge on any atom is -0.448 e. The van der Waals surface area contributed by atoms with E-state index in [0.29, 0.717) is 6.42 Å². The van der Waals surface area contributed by atoms with Crippen LogP contribution in [0.2, 0.25) is 0 Å². The number of carbonyl (C=O) groups excluding carboxylic acids is 2. The van der Waals surface area contributed by atoms with Crippen LogP contribution in [0, 0.1) is 23.7 Å². The highest BCUT2D eigenvalue weighted by molar-refractivity contribution is 14.1. The van der Waals surface area contributed by atoms with E-state index in [1.807, 2.05) is 6.92 Å². The summed E-state index contributed by atoms with van der Waals surface area (Å²) in [4.78, 5) is 27.5. The van der Waals surface area contributed by atoms with Crippen LogP contribution in [0.5, 0.6) is 0 Å². The molecule has 18 atom stereocenters. The molecule has 0 aromatic carbocycles. The number of ether oxygens (including phenoxy) is 6. The number of carbonyl (C=O) groups is 2. The summed E-state index contributed by atoms with van der Waals surface area (Å²) in [6.07, 6.45) is -8.73. The Balaban J connectivity index is 2.15. The minimum atomic E-state index is -2.02. The van der Waals surface area contributed by atoms with Gasteiger partial charge in [0.2, 0.25) is 0 Å². The third kappa shape index (κ3) is 9.33. The number of rotatable bonds is 6. The van der Waals surface area contributed by atoms with Crippen molar-refractivity contribution in [3.63, 3.8) is 0 Å². The quantitative estimate of drug-likeness (QED) is 0.128. The van der Waals surface area contributed by atoms with E-state index >= 15 is 0 Å². The summed E-state index contributed by atoms with van der Waals surface area (Å²) in [5.41, 5.74) is -4.86. The van der Waals surface area contributed by atoms with Crippen molar-refractivity contribution in [2.75, 3.05) is 14.2 Å². The number of cyclic esters (lactones) is 1. The Kier molecular flexibility index (Phi) is 14.5. The molecule has 0 saturated carbocycles. The van der Waals surface area contributed by atoms with E-state index in [0.717, 1.165) is 0 Å². The maximum atomic E-state index is 13.9. The maximum Gasteiger partial charge on any atom is 0.312 e. The smallest absolute Gasteiger partial charge is 0.312 e. The zero-order valence-electron chi connectivity index (χ0n) is 30.7. The third-order valence-electron chi connectivity index (χ3n) is 11.0. The predicted molar refractivity (Wildman–Crippen MR) is 185 cm³/mol. The summed E-state index contributed by atoms with van der Waals surface area (Å²) >= 11 is 1.72. The number of aliphatic hydroxyl groups excluding tert-OH is 3. The standard InChI is InChI=1S/C34H60INO13/c1-15-13-32(7,42)28(48-30-24(38)21(36-10)12-16(2)45-30)18(4)25(47-22-14-33(8,44-11)27(40)20(6)46-22)19(5)29(41)49-31(35)34(9,43)26(39)17(3)23(15)37/h15-22,24-28,30-31,36,38-40,42-43H,12-14H2,1-11H3/t15-,16-,17+,18+,19-,20+,21+,22+,24-,25+,26-,27+,28-,30+,31+,32-,33-,34+/m1/s1. The first-order valence-corrected chi connectivity index (χ1v) is 18.5. The van der Waals surface area contributed by atoms with E-state index in [1.165, 1.54) is 27.9 Å². The van der Waals surface area contributed by atoms with E-state index in [-0.39, 0.29) is 25.0 Å². The first-order valence-electron chi connectivity index (χ1n) is 17.2. The fraction of sp³-hybridized carbons (Fsp3) is 0.941. The molecule has 0 bridgehead atoms. The molecule has 0 unspecified atom stereocenters.